The van der Waals surface area contributed by atoms with Crippen molar-refractivity contribution >= 4 is 87.8 Å². The van der Waals surface area contributed by atoms with Crippen LogP contribution >= 0.6 is 0 Å². The molecule has 0 bridgehead atoms. The van der Waals surface area contributed by atoms with Gasteiger partial charge in [-0.1, -0.05) is 94.4 Å². The zero-order chi connectivity index (χ0) is 69.7. The normalized spacial score (nSPS) is 24.9. The number of rotatable bonds is 10. The van der Waals surface area contributed by atoms with Gasteiger partial charge in [0, 0.05) is 45.6 Å². The summed E-state index contributed by atoms with van der Waals surface area (Å²) < 4.78 is 18.3. The van der Waals surface area contributed by atoms with Crippen LogP contribution in [0, 0.1) is 25.7 Å². The molecule has 10 atom stereocenters. The van der Waals surface area contributed by atoms with Gasteiger partial charge in [0.2, 0.25) is 52.7 Å². The molecule has 0 spiro atoms. The Balaban J connectivity index is 1.12. The molecule has 3 aromatic carbocycles. The molecule has 0 unspecified atom stereocenters. The Hall–Kier alpha value is -10.3. The smallest absolute Gasteiger partial charge is 0.329 e. The molecule has 4 fully saturated rings. The van der Waals surface area contributed by atoms with E-state index in [1.165, 1.54) is 61.7 Å². The first-order valence-corrected chi connectivity index (χ1v) is 32.1. The summed E-state index contributed by atoms with van der Waals surface area (Å²) in [5, 5.41) is 16.0. The van der Waals surface area contributed by atoms with E-state index in [-0.39, 0.29) is 66.8 Å². The number of hydrogen-bond acceptors (Lipinski definition) is 18. The van der Waals surface area contributed by atoms with Gasteiger partial charge in [-0.05, 0) is 88.0 Å². The molecule has 5 aliphatic heterocycles. The molecule has 3 aromatic rings. The standard InChI is InChI=1S/C68H82N12O16/c1-33(2)50-67(92)94-37(7)52(61(86)70-42(29-39-19-13-11-14-20-39)63(88)79-27-17-23-44(79)65(90)77(9)31-46(81)72-50)75-59(84)41-26-25-35(5)57-54(41)74-55-48(49(69)56(83)36(6)58(55)96-57)60(85)76-53-38(8)95-68(93)51(34(3)4)73-47(82)32-78(10)66(91)45-24-18-28-80(45)64(89)43(71-62(53)87)30-40-21-15-12-16-22-40/h11-16,19-22,25-26,33-34,37-38,42-45,50-53H,17-18,23-24,27-32,69H2,1-10H3,(H,70,86)(H,71,87)(H,72,81)(H,73,82)(H,75,84)(H,76,85)/t37-,38-,42-,43-,44+,45+,50+,51+,52+,53+/m1/s1. The van der Waals surface area contributed by atoms with E-state index < -0.39 is 179 Å². The summed E-state index contributed by atoms with van der Waals surface area (Å²) in [6, 6.07) is 8.97. The number of nitrogens with two attached hydrogens (primary N) is 1. The first-order valence-electron chi connectivity index (χ1n) is 32.1. The number of likely N-dealkylation sites (N-methyl/N-ethyl adjacent to an activating group) is 2. The van der Waals surface area contributed by atoms with Gasteiger partial charge in [0.25, 0.3) is 11.8 Å². The number of benzene rings is 4. The second-order valence-corrected chi connectivity index (χ2v) is 25.8. The second kappa shape index (κ2) is 29.6. The van der Waals surface area contributed by atoms with E-state index in [1.807, 2.05) is 0 Å². The largest absolute Gasteiger partial charge is 0.458 e. The molecule has 10 amide bonds. The van der Waals surface area contributed by atoms with Crippen molar-refractivity contribution in [3.63, 3.8) is 0 Å². The number of nitrogen functional groups attached to an aromatic ring is 1. The van der Waals surface area contributed by atoms with Crippen LogP contribution in [0.5, 0.6) is 0 Å². The van der Waals surface area contributed by atoms with E-state index >= 15 is 19.2 Å². The van der Waals surface area contributed by atoms with E-state index in [9.17, 15) is 43.2 Å². The molecular formula is C68H82N12O16. The molecule has 96 heavy (non-hydrogen) atoms. The number of fused-ring (bicyclic) bond motifs is 4. The molecular weight excluding hydrogens is 1240 g/mol. The van der Waals surface area contributed by atoms with Crippen LogP contribution in [0.2, 0.25) is 0 Å². The maximum absolute atomic E-state index is 15.3. The predicted octanol–water partition coefficient (Wildman–Crippen LogP) is 1.21. The van der Waals surface area contributed by atoms with Gasteiger partial charge < -0.3 is 71.1 Å². The van der Waals surface area contributed by atoms with Crippen molar-refractivity contribution in [3.8, 4) is 11.5 Å². The monoisotopic (exact) mass is 1320 g/mol. The SMILES string of the molecule is Cc1c2oc3c(C)ccc(C(=O)N[C@@H]4C(=O)N[C@H](Cc5ccccc5)C(=O)N5CCC[C@H]5C(=O)N(C)CC(=O)N[C@@H](C(C)C)C(=O)O[C@@H]4C)c3nc-2c(C(=O)N[C@@H]2C(=O)N[C@H](Cc3ccccc3)C(=O)N3CCC[C@H]3C(=O)N(C)CC(=O)N[C@@H](C(C)C)C(=O)O[C@@H]2C)c(N)c1=O. The van der Waals surface area contributed by atoms with Crippen molar-refractivity contribution in [1.29, 1.82) is 0 Å². The highest BCUT2D eigenvalue weighted by Crippen LogP contribution is 2.35. The van der Waals surface area contributed by atoms with Crippen LogP contribution in [-0.4, -0.2) is 196 Å². The molecule has 1 aliphatic carbocycles. The average Bonchev–Trinajstić information content (AvgIpc) is 0.790. The first kappa shape index (κ1) is 70.0. The Bertz CT molecular complexity index is 3920. The first-order chi connectivity index (χ1) is 45.5. The van der Waals surface area contributed by atoms with E-state index in [0.717, 1.165) is 4.90 Å². The van der Waals surface area contributed by atoms with Crippen LogP contribution in [0.25, 0.3) is 22.6 Å². The summed E-state index contributed by atoms with van der Waals surface area (Å²) >= 11 is 0. The number of cyclic esters (lactones) is 2. The lowest BCUT2D eigenvalue weighted by Gasteiger charge is -2.33. The van der Waals surface area contributed by atoms with E-state index in [4.69, 9.17) is 24.6 Å². The molecule has 6 aliphatic rings. The highest BCUT2D eigenvalue weighted by molar-refractivity contribution is 6.10. The molecule has 510 valence electrons. The quantitative estimate of drug-likeness (QED) is 0.0587. The number of esters is 2. The zero-order valence-electron chi connectivity index (χ0n) is 55.3. The van der Waals surface area contributed by atoms with Crippen LogP contribution < -0.4 is 43.1 Å². The van der Waals surface area contributed by atoms with Gasteiger partial charge in [0.05, 0.1) is 29.9 Å². The van der Waals surface area contributed by atoms with Crippen LogP contribution in [0.4, 0.5) is 5.69 Å². The Labute approximate surface area is 553 Å². The van der Waals surface area contributed by atoms with E-state index in [1.54, 1.807) is 95.3 Å². The summed E-state index contributed by atoms with van der Waals surface area (Å²) in [7, 11) is 2.81. The highest BCUT2D eigenvalue weighted by Gasteiger charge is 2.45. The summed E-state index contributed by atoms with van der Waals surface area (Å²) in [4.78, 5) is 198. The number of amides is 10. The minimum atomic E-state index is -1.93. The van der Waals surface area contributed by atoms with E-state index in [0.29, 0.717) is 29.5 Å². The molecule has 0 radical (unpaired) electrons. The zero-order valence-corrected chi connectivity index (χ0v) is 55.3. The number of ether oxygens (including phenoxy) is 2. The fourth-order valence-electron chi connectivity index (χ4n) is 12.6. The van der Waals surface area contributed by atoms with Crippen molar-refractivity contribution in [1.82, 2.24) is 56.5 Å². The molecule has 5 heterocycles. The fraction of sp³-hybridized carbons (Fsp3) is 0.471. The third-order valence-electron chi connectivity index (χ3n) is 18.0. The van der Waals surface area contributed by atoms with Crippen LogP contribution in [-0.2, 0) is 70.3 Å². The number of hydrogen-bond donors (Lipinski definition) is 7. The van der Waals surface area contributed by atoms with E-state index in [2.05, 4.69) is 31.9 Å². The summed E-state index contributed by atoms with van der Waals surface area (Å²) in [5.41, 5.74) is 4.70. The third kappa shape index (κ3) is 15.1. The Morgan fingerprint density at radius 2 is 1.04 bits per heavy atom. The number of nitrogens with zero attached hydrogens (tertiary/aromatic N) is 5. The summed E-state index contributed by atoms with van der Waals surface area (Å²) in [6.07, 6.45) is -2.02. The maximum Gasteiger partial charge on any atom is 0.329 e. The van der Waals surface area contributed by atoms with Gasteiger partial charge in [0.15, 0.2) is 11.3 Å². The Kier molecular flexibility index (Phi) is 21.6. The molecule has 28 heteroatoms. The van der Waals surface area contributed by atoms with Crippen molar-refractivity contribution in [2.45, 2.75) is 154 Å². The van der Waals surface area contributed by atoms with Crippen LogP contribution in [0.1, 0.15) is 110 Å². The van der Waals surface area contributed by atoms with Gasteiger partial charge in [-0.3, -0.25) is 52.7 Å². The molecule has 0 aromatic heterocycles. The number of anilines is 1. The molecule has 0 saturated carbocycles. The molecule has 28 nitrogen and oxygen atoms in total. The topological polar surface area (TPSA) is 378 Å². The van der Waals surface area contributed by atoms with Crippen molar-refractivity contribution in [2.24, 2.45) is 11.8 Å². The minimum absolute atomic E-state index is 0.0847. The third-order valence-corrected chi connectivity index (χ3v) is 18.0. The van der Waals surface area contributed by atoms with Gasteiger partial charge >= 0.3 is 11.9 Å². The lowest BCUT2D eigenvalue weighted by Crippen LogP contribution is -2.61. The number of aryl methyl sites for hydroxylation is 1. The lowest BCUT2D eigenvalue weighted by molar-refractivity contribution is -0.157. The van der Waals surface area contributed by atoms with Crippen LogP contribution in [0.15, 0.2) is 82.0 Å². The fourth-order valence-corrected chi connectivity index (χ4v) is 12.6. The Morgan fingerprint density at radius 3 is 1.48 bits per heavy atom. The van der Waals surface area contributed by atoms with Gasteiger partial charge in [-0.25, -0.2) is 14.6 Å². The number of carbonyl (C=O) groups excluding carboxylic acids is 12. The van der Waals surface area contributed by atoms with Crippen LogP contribution in [0.3, 0.4) is 0 Å². The van der Waals surface area contributed by atoms with Crippen molar-refractivity contribution < 1.29 is 71.4 Å². The van der Waals surface area contributed by atoms with Crippen molar-refractivity contribution in [2.75, 3.05) is 46.0 Å². The van der Waals surface area contributed by atoms with Gasteiger partial charge in [0.1, 0.15) is 71.8 Å². The Morgan fingerprint density at radius 1 is 0.604 bits per heavy atom. The minimum Gasteiger partial charge on any atom is -0.458 e. The summed E-state index contributed by atoms with van der Waals surface area (Å²) in [5.74, 6) is -11.7. The average molecular weight is 1320 g/mol. The summed E-state index contributed by atoms with van der Waals surface area (Å²) in [6.45, 7) is 11.4. The number of aromatic nitrogens is 1. The van der Waals surface area contributed by atoms with Gasteiger partial charge in [-0.2, -0.15) is 0 Å². The predicted molar refractivity (Wildman–Crippen MR) is 347 cm³/mol. The number of nitrogens with one attached hydrogen (secondary N) is 6. The maximum atomic E-state index is 15.3. The number of carbonyl (C=O) groups is 12. The van der Waals surface area contributed by atoms with Gasteiger partial charge in [-0.15, -0.1) is 0 Å². The molecule has 8 N–H and O–H groups in total. The van der Waals surface area contributed by atoms with Crippen molar-refractivity contribution in [3.05, 3.63) is 116 Å². The second-order valence-electron chi connectivity index (χ2n) is 25.8. The molecule has 9 rings (SSSR count). The highest BCUT2D eigenvalue weighted by atomic mass is 16.6. The molecule has 4 saturated heterocycles. The lowest BCUT2D eigenvalue weighted by atomic mass is 9.98.